The van der Waals surface area contributed by atoms with E-state index in [2.05, 4.69) is 24.7 Å². The van der Waals surface area contributed by atoms with Gasteiger partial charge in [0.1, 0.15) is 17.8 Å². The first-order valence-corrected chi connectivity index (χ1v) is 8.87. The van der Waals surface area contributed by atoms with E-state index in [1.165, 1.54) is 6.33 Å². The monoisotopic (exact) mass is 346 g/mol. The van der Waals surface area contributed by atoms with Gasteiger partial charge in [-0.3, -0.25) is 4.79 Å². The Bertz CT molecular complexity index is 939. The van der Waals surface area contributed by atoms with Crippen LogP contribution in [-0.2, 0) is 13.0 Å². The van der Waals surface area contributed by atoms with Gasteiger partial charge in [-0.15, -0.1) is 10.2 Å². The minimum atomic E-state index is -0.0140. The molecule has 26 heavy (non-hydrogen) atoms. The first-order valence-electron chi connectivity index (χ1n) is 8.87. The summed E-state index contributed by atoms with van der Waals surface area (Å²) in [6, 6.07) is 12.1. The molecule has 0 aliphatic carbocycles. The maximum atomic E-state index is 13.0. The van der Waals surface area contributed by atoms with Crippen LogP contribution in [0.4, 0.5) is 0 Å². The Labute approximate surface area is 150 Å². The first-order chi connectivity index (χ1) is 12.8. The minimum Gasteiger partial charge on any atom is -0.329 e. The molecule has 2 aliphatic heterocycles. The third-order valence-electron chi connectivity index (χ3n) is 5.33. The van der Waals surface area contributed by atoms with Crippen LogP contribution in [0.15, 0.2) is 48.9 Å². The van der Waals surface area contributed by atoms with Crippen molar-refractivity contribution in [3.05, 3.63) is 60.4 Å². The molecule has 3 aromatic rings. The summed E-state index contributed by atoms with van der Waals surface area (Å²) in [5, 5.41) is 8.85. The number of hydrogen-bond donors (Lipinski definition) is 0. The van der Waals surface area contributed by atoms with Gasteiger partial charge >= 0.3 is 0 Å². The molecular weight excluding hydrogens is 328 g/mol. The zero-order valence-electron chi connectivity index (χ0n) is 14.2. The molecule has 0 saturated carbocycles. The molecule has 1 fully saturated rings. The predicted molar refractivity (Wildman–Crippen MR) is 94.2 cm³/mol. The third kappa shape index (κ3) is 2.39. The highest BCUT2D eigenvalue weighted by atomic mass is 16.2. The maximum Gasteiger partial charge on any atom is 0.273 e. The Morgan fingerprint density at radius 2 is 1.88 bits per heavy atom. The van der Waals surface area contributed by atoms with Crippen molar-refractivity contribution in [1.29, 1.82) is 0 Å². The van der Waals surface area contributed by atoms with Crippen LogP contribution in [0.5, 0.6) is 0 Å². The number of nitrogens with zero attached hydrogens (tertiary/aromatic N) is 6. The second-order valence-corrected chi connectivity index (χ2v) is 6.81. The van der Waals surface area contributed by atoms with Crippen molar-refractivity contribution in [3.8, 4) is 11.4 Å². The lowest BCUT2D eigenvalue weighted by Gasteiger charge is -2.27. The molecule has 0 unspecified atom stereocenters. The van der Waals surface area contributed by atoms with Crippen LogP contribution in [0.3, 0.4) is 0 Å². The molecule has 1 aromatic carbocycles. The van der Waals surface area contributed by atoms with E-state index >= 15 is 0 Å². The van der Waals surface area contributed by atoms with Crippen LogP contribution >= 0.6 is 0 Å². The Hall–Kier alpha value is -3.09. The van der Waals surface area contributed by atoms with E-state index in [0.717, 1.165) is 43.0 Å². The van der Waals surface area contributed by atoms with Crippen LogP contribution in [0.25, 0.3) is 11.4 Å². The zero-order valence-corrected chi connectivity index (χ0v) is 14.2. The maximum absolute atomic E-state index is 13.0. The fraction of sp³-hybridized carbons (Fsp3) is 0.316. The lowest BCUT2D eigenvalue weighted by molar-refractivity contribution is 0.0659. The highest BCUT2D eigenvalue weighted by Crippen LogP contribution is 2.34. The number of rotatable bonds is 2. The second kappa shape index (κ2) is 6.01. The van der Waals surface area contributed by atoms with Gasteiger partial charge in [0.15, 0.2) is 5.82 Å². The fourth-order valence-electron chi connectivity index (χ4n) is 4.12. The van der Waals surface area contributed by atoms with Gasteiger partial charge in [-0.05, 0) is 18.9 Å². The molecule has 5 rings (SSSR count). The smallest absolute Gasteiger partial charge is 0.273 e. The molecule has 130 valence electrons. The Kier molecular flexibility index (Phi) is 3.51. The van der Waals surface area contributed by atoms with Crippen LogP contribution in [0.2, 0.25) is 0 Å². The first kappa shape index (κ1) is 15.2. The van der Waals surface area contributed by atoms with Gasteiger partial charge in [0.05, 0.1) is 6.04 Å². The van der Waals surface area contributed by atoms with Crippen molar-refractivity contribution in [3.63, 3.8) is 0 Å². The fourth-order valence-corrected chi connectivity index (χ4v) is 4.12. The number of carbonyl (C=O) groups is 1. The summed E-state index contributed by atoms with van der Waals surface area (Å²) in [5.41, 5.74) is 1.51. The van der Waals surface area contributed by atoms with Crippen LogP contribution < -0.4 is 0 Å². The van der Waals surface area contributed by atoms with Gasteiger partial charge in [-0.25, -0.2) is 9.97 Å². The molecule has 0 radical (unpaired) electrons. The molecule has 2 aromatic heterocycles. The Morgan fingerprint density at radius 1 is 1.04 bits per heavy atom. The summed E-state index contributed by atoms with van der Waals surface area (Å²) in [6.45, 7) is 0.722. The van der Waals surface area contributed by atoms with E-state index in [1.807, 2.05) is 35.2 Å². The number of fused-ring (bicyclic) bond motifs is 3. The van der Waals surface area contributed by atoms with Crippen molar-refractivity contribution in [2.75, 3.05) is 0 Å². The summed E-state index contributed by atoms with van der Waals surface area (Å²) < 4.78 is 2.18. The van der Waals surface area contributed by atoms with E-state index < -0.39 is 0 Å². The van der Waals surface area contributed by atoms with Gasteiger partial charge in [-0.1, -0.05) is 30.3 Å². The minimum absolute atomic E-state index is 0.0140. The van der Waals surface area contributed by atoms with E-state index in [0.29, 0.717) is 5.69 Å². The second-order valence-electron chi connectivity index (χ2n) is 6.81. The van der Waals surface area contributed by atoms with Gasteiger partial charge in [-0.2, -0.15) is 0 Å². The van der Waals surface area contributed by atoms with E-state index in [1.54, 1.807) is 12.3 Å². The van der Waals surface area contributed by atoms with Crippen molar-refractivity contribution in [2.24, 2.45) is 0 Å². The SMILES string of the molecule is O=C(c1ccncn1)N1[C@@H]2CC[C@H]1Cc1nnc(-c3ccccc3)n1C2. The summed E-state index contributed by atoms with van der Waals surface area (Å²) in [4.78, 5) is 23.1. The molecule has 1 saturated heterocycles. The molecule has 1 amide bonds. The number of aromatic nitrogens is 5. The predicted octanol–water partition coefficient (Wildman–Crippen LogP) is 1.96. The highest BCUT2D eigenvalue weighted by Gasteiger charge is 2.41. The van der Waals surface area contributed by atoms with Crippen LogP contribution in [0, 0.1) is 0 Å². The van der Waals surface area contributed by atoms with Crippen LogP contribution in [0.1, 0.15) is 29.2 Å². The summed E-state index contributed by atoms with van der Waals surface area (Å²) >= 11 is 0. The Balaban J connectivity index is 1.50. The van der Waals surface area contributed by atoms with Crippen molar-refractivity contribution >= 4 is 5.91 Å². The Morgan fingerprint density at radius 3 is 2.69 bits per heavy atom. The topological polar surface area (TPSA) is 76.8 Å². The summed E-state index contributed by atoms with van der Waals surface area (Å²) in [5.74, 6) is 1.82. The van der Waals surface area contributed by atoms with Crippen molar-refractivity contribution < 1.29 is 4.79 Å². The largest absolute Gasteiger partial charge is 0.329 e. The third-order valence-corrected chi connectivity index (χ3v) is 5.33. The lowest BCUT2D eigenvalue weighted by atomic mass is 10.1. The van der Waals surface area contributed by atoms with Gasteiger partial charge in [0.2, 0.25) is 0 Å². The van der Waals surface area contributed by atoms with E-state index in [4.69, 9.17) is 0 Å². The molecule has 2 bridgehead atoms. The molecule has 2 atom stereocenters. The quantitative estimate of drug-likeness (QED) is 0.709. The zero-order chi connectivity index (χ0) is 17.5. The number of benzene rings is 1. The molecule has 7 heteroatoms. The van der Waals surface area contributed by atoms with Gasteiger partial charge < -0.3 is 9.47 Å². The molecule has 7 nitrogen and oxygen atoms in total. The summed E-state index contributed by atoms with van der Waals surface area (Å²) in [7, 11) is 0. The molecule has 0 N–H and O–H groups in total. The van der Waals surface area contributed by atoms with Gasteiger partial charge in [0.25, 0.3) is 5.91 Å². The van der Waals surface area contributed by atoms with Crippen LogP contribution in [-0.4, -0.2) is 47.6 Å². The molecule has 0 spiro atoms. The lowest BCUT2D eigenvalue weighted by Crippen LogP contribution is -2.42. The normalized spacial score (nSPS) is 21.3. The van der Waals surface area contributed by atoms with Crippen molar-refractivity contribution in [2.45, 2.75) is 37.9 Å². The average molecular weight is 346 g/mol. The number of carbonyl (C=O) groups excluding carboxylic acids is 1. The average Bonchev–Trinajstić information content (AvgIpc) is 3.22. The number of amides is 1. The standard InChI is InChI=1S/C19H18N6O/c26-19(16-8-9-20-12-21-16)25-14-6-7-15(25)11-24-17(10-14)22-23-18(24)13-4-2-1-3-5-13/h1-5,8-9,12,14-15H,6-7,10-11H2/t14-,15+/m0/s1. The molecule has 4 heterocycles. The summed E-state index contributed by atoms with van der Waals surface area (Å²) in [6.07, 6.45) is 5.76. The van der Waals surface area contributed by atoms with E-state index in [9.17, 15) is 4.79 Å². The van der Waals surface area contributed by atoms with Gasteiger partial charge in [0, 0.05) is 30.8 Å². The van der Waals surface area contributed by atoms with E-state index in [-0.39, 0.29) is 18.0 Å². The molecular formula is C19H18N6O. The molecule has 2 aliphatic rings. The van der Waals surface area contributed by atoms with Crippen molar-refractivity contribution in [1.82, 2.24) is 29.6 Å². The number of hydrogen-bond acceptors (Lipinski definition) is 5. The highest BCUT2D eigenvalue weighted by molar-refractivity contribution is 5.92.